The zero-order valence-electron chi connectivity index (χ0n) is 12.6. The van der Waals surface area contributed by atoms with Crippen molar-refractivity contribution in [3.8, 4) is 5.75 Å². The fraction of sp³-hybridized carbons (Fsp3) is 0.176. The molecule has 0 aromatic heterocycles. The Balaban J connectivity index is 1.51. The van der Waals surface area contributed by atoms with E-state index in [1.165, 1.54) is 11.8 Å². The van der Waals surface area contributed by atoms with E-state index in [2.05, 4.69) is 21.2 Å². The highest BCUT2D eigenvalue weighted by atomic mass is 79.9. The Morgan fingerprint density at radius 3 is 2.75 bits per heavy atom. The molecule has 0 spiro atoms. The molecule has 0 atom stereocenters. The number of carbonyl (C=O) groups excluding carboxylic acids is 2. The summed E-state index contributed by atoms with van der Waals surface area (Å²) < 4.78 is 11.7. The molecule has 0 bridgehead atoms. The van der Waals surface area contributed by atoms with Crippen molar-refractivity contribution in [3.05, 3.63) is 52.5 Å². The molecule has 0 saturated heterocycles. The smallest absolute Gasteiger partial charge is 0.338 e. The maximum Gasteiger partial charge on any atom is 0.338 e. The van der Waals surface area contributed by atoms with E-state index in [1.54, 1.807) is 12.1 Å². The maximum atomic E-state index is 12.1. The molecule has 24 heavy (non-hydrogen) atoms. The Kier molecular flexibility index (Phi) is 5.42. The molecule has 0 fully saturated rings. The minimum atomic E-state index is -0.443. The van der Waals surface area contributed by atoms with Crippen LogP contribution < -0.4 is 10.1 Å². The van der Waals surface area contributed by atoms with E-state index in [0.717, 1.165) is 9.37 Å². The van der Waals surface area contributed by atoms with Crippen molar-refractivity contribution in [3.63, 3.8) is 0 Å². The first-order valence-electron chi connectivity index (χ1n) is 7.24. The van der Waals surface area contributed by atoms with Crippen LogP contribution in [-0.2, 0) is 9.53 Å². The van der Waals surface area contributed by atoms with Crippen LogP contribution in [0.15, 0.2) is 51.8 Å². The van der Waals surface area contributed by atoms with Crippen molar-refractivity contribution in [1.29, 1.82) is 0 Å². The Morgan fingerprint density at radius 2 is 1.96 bits per heavy atom. The van der Waals surface area contributed by atoms with Crippen LogP contribution in [-0.4, -0.2) is 30.8 Å². The van der Waals surface area contributed by atoms with Gasteiger partial charge in [-0.1, -0.05) is 15.9 Å². The number of halogens is 1. The number of hydrogen-bond donors (Lipinski definition) is 1. The Morgan fingerprint density at radius 1 is 1.17 bits per heavy atom. The van der Waals surface area contributed by atoms with Crippen LogP contribution in [0.25, 0.3) is 0 Å². The van der Waals surface area contributed by atoms with Gasteiger partial charge < -0.3 is 14.8 Å². The Labute approximate surface area is 151 Å². The molecule has 0 radical (unpaired) electrons. The lowest BCUT2D eigenvalue weighted by Crippen LogP contribution is -2.19. The van der Waals surface area contributed by atoms with Crippen LogP contribution in [0.1, 0.15) is 10.4 Å². The molecule has 2 aromatic carbocycles. The highest BCUT2D eigenvalue weighted by Gasteiger charge is 2.17. The van der Waals surface area contributed by atoms with E-state index in [1.807, 2.05) is 30.3 Å². The molecule has 0 aliphatic carbocycles. The normalized spacial score (nSPS) is 13.0. The molecule has 1 aliphatic heterocycles. The van der Waals surface area contributed by atoms with Gasteiger partial charge in [-0.2, -0.15) is 0 Å². The topological polar surface area (TPSA) is 64.6 Å². The fourth-order valence-electron chi connectivity index (χ4n) is 2.12. The van der Waals surface area contributed by atoms with Crippen LogP contribution in [0.3, 0.4) is 0 Å². The summed E-state index contributed by atoms with van der Waals surface area (Å²) in [6.07, 6.45) is 0. The van der Waals surface area contributed by atoms with E-state index in [9.17, 15) is 9.59 Å². The van der Waals surface area contributed by atoms with Gasteiger partial charge in [0.25, 0.3) is 0 Å². The first-order chi connectivity index (χ1) is 11.6. The van der Waals surface area contributed by atoms with Crippen molar-refractivity contribution < 1.29 is 19.1 Å². The maximum absolute atomic E-state index is 12.1. The fourth-order valence-corrected chi connectivity index (χ4v) is 3.17. The number of ether oxygens (including phenoxy) is 2. The van der Waals surface area contributed by atoms with Gasteiger partial charge in [0.05, 0.1) is 17.0 Å². The number of fused-ring (bicyclic) bond motifs is 1. The van der Waals surface area contributed by atoms with E-state index in [0.29, 0.717) is 22.8 Å². The molecule has 0 unspecified atom stereocenters. The van der Waals surface area contributed by atoms with Crippen molar-refractivity contribution in [2.75, 3.05) is 24.3 Å². The van der Waals surface area contributed by atoms with Crippen LogP contribution in [0, 0.1) is 0 Å². The van der Waals surface area contributed by atoms with Crippen molar-refractivity contribution in [2.45, 2.75) is 4.90 Å². The summed E-state index contributed by atoms with van der Waals surface area (Å²) in [4.78, 5) is 24.4. The SMILES string of the molecule is O=C1CSc2ccc(C(=O)OCCOc3ccc(Br)cc3)cc2N1. The van der Waals surface area contributed by atoms with E-state index >= 15 is 0 Å². The average molecular weight is 408 g/mol. The van der Waals surface area contributed by atoms with Crippen molar-refractivity contribution in [2.24, 2.45) is 0 Å². The summed E-state index contributed by atoms with van der Waals surface area (Å²) in [6.45, 7) is 0.415. The zero-order valence-corrected chi connectivity index (χ0v) is 15.0. The second-order valence-electron chi connectivity index (χ2n) is 4.99. The minimum absolute atomic E-state index is 0.0686. The average Bonchev–Trinajstić information content (AvgIpc) is 2.59. The lowest BCUT2D eigenvalue weighted by molar-refractivity contribution is -0.113. The van der Waals surface area contributed by atoms with Crippen LogP contribution in [0.4, 0.5) is 5.69 Å². The first kappa shape index (κ1) is 16.9. The van der Waals surface area contributed by atoms with Crippen molar-refractivity contribution in [1.82, 2.24) is 0 Å². The molecule has 5 nitrogen and oxygen atoms in total. The predicted molar refractivity (Wildman–Crippen MR) is 95.7 cm³/mol. The number of nitrogens with one attached hydrogen (secondary N) is 1. The number of carbonyl (C=O) groups is 2. The third-order valence-electron chi connectivity index (χ3n) is 3.25. The van der Waals surface area contributed by atoms with Gasteiger partial charge in [0, 0.05) is 9.37 Å². The van der Waals surface area contributed by atoms with Gasteiger partial charge in [0.15, 0.2) is 0 Å². The summed E-state index contributed by atoms with van der Waals surface area (Å²) >= 11 is 4.80. The molecule has 1 N–H and O–H groups in total. The number of benzene rings is 2. The highest BCUT2D eigenvalue weighted by molar-refractivity contribution is 9.10. The second kappa shape index (κ2) is 7.72. The monoisotopic (exact) mass is 407 g/mol. The second-order valence-corrected chi connectivity index (χ2v) is 6.92. The van der Waals surface area contributed by atoms with E-state index in [4.69, 9.17) is 9.47 Å². The summed E-state index contributed by atoms with van der Waals surface area (Å²) in [5.74, 6) is 0.593. The van der Waals surface area contributed by atoms with Gasteiger partial charge >= 0.3 is 5.97 Å². The van der Waals surface area contributed by atoms with Crippen LogP contribution in [0.5, 0.6) is 5.75 Å². The quantitative estimate of drug-likeness (QED) is 0.604. The lowest BCUT2D eigenvalue weighted by atomic mass is 10.2. The molecule has 124 valence electrons. The third-order valence-corrected chi connectivity index (χ3v) is 4.85. The number of amides is 1. The number of hydrogen-bond acceptors (Lipinski definition) is 5. The number of thioether (sulfide) groups is 1. The molecule has 1 aliphatic rings. The number of rotatable bonds is 5. The highest BCUT2D eigenvalue weighted by Crippen LogP contribution is 2.32. The standard InChI is InChI=1S/C17H14BrNO4S/c18-12-2-4-13(5-3-12)22-7-8-23-17(21)11-1-6-15-14(9-11)19-16(20)10-24-15/h1-6,9H,7-8,10H2,(H,19,20). The minimum Gasteiger partial charge on any atom is -0.490 e. The molecule has 0 saturated carbocycles. The van der Waals surface area contributed by atoms with Gasteiger partial charge in [-0.15, -0.1) is 11.8 Å². The van der Waals surface area contributed by atoms with Gasteiger partial charge in [-0.25, -0.2) is 4.79 Å². The third kappa shape index (κ3) is 4.30. The molecule has 2 aromatic rings. The predicted octanol–water partition coefficient (Wildman–Crippen LogP) is 3.73. The van der Waals surface area contributed by atoms with Gasteiger partial charge in [-0.3, -0.25) is 4.79 Å². The Hall–Kier alpha value is -1.99. The summed E-state index contributed by atoms with van der Waals surface area (Å²) in [5.41, 5.74) is 1.05. The van der Waals surface area contributed by atoms with Gasteiger partial charge in [0.2, 0.25) is 5.91 Å². The van der Waals surface area contributed by atoms with E-state index in [-0.39, 0.29) is 19.1 Å². The molecule has 1 amide bonds. The lowest BCUT2D eigenvalue weighted by Gasteiger charge is -2.16. The van der Waals surface area contributed by atoms with Crippen molar-refractivity contribution >= 4 is 45.3 Å². The Bertz CT molecular complexity index is 764. The van der Waals surface area contributed by atoms with Crippen LogP contribution in [0.2, 0.25) is 0 Å². The number of anilines is 1. The molecular weight excluding hydrogens is 394 g/mol. The zero-order chi connectivity index (χ0) is 16.9. The van der Waals surface area contributed by atoms with Gasteiger partial charge in [0.1, 0.15) is 19.0 Å². The molecular formula is C17H14BrNO4S. The molecule has 3 rings (SSSR count). The van der Waals surface area contributed by atoms with Crippen LogP contribution >= 0.6 is 27.7 Å². The summed E-state index contributed by atoms with van der Waals surface area (Å²) in [7, 11) is 0. The summed E-state index contributed by atoms with van der Waals surface area (Å²) in [5, 5.41) is 2.75. The van der Waals surface area contributed by atoms with Gasteiger partial charge in [-0.05, 0) is 42.5 Å². The van der Waals surface area contributed by atoms with E-state index < -0.39 is 5.97 Å². The first-order valence-corrected chi connectivity index (χ1v) is 9.02. The molecule has 7 heteroatoms. The summed E-state index contributed by atoms with van der Waals surface area (Å²) in [6, 6.07) is 12.6. The largest absolute Gasteiger partial charge is 0.490 e. The molecule has 1 heterocycles. The number of esters is 1.